The zero-order valence-corrected chi connectivity index (χ0v) is 17.9. The summed E-state index contributed by atoms with van der Waals surface area (Å²) in [5, 5.41) is 11.3. The molecule has 5 nitrogen and oxygen atoms in total. The highest BCUT2D eigenvalue weighted by molar-refractivity contribution is 6.46. The summed E-state index contributed by atoms with van der Waals surface area (Å²) in [5.41, 5.74) is 2.07. The Kier molecular flexibility index (Phi) is 5.56. The third-order valence-corrected chi connectivity index (χ3v) is 6.39. The topological polar surface area (TPSA) is 66.8 Å². The number of halogens is 1. The maximum Gasteiger partial charge on any atom is 0.295 e. The normalized spacial score (nSPS) is 21.2. The van der Waals surface area contributed by atoms with Gasteiger partial charge in [0, 0.05) is 17.2 Å². The highest BCUT2D eigenvalue weighted by Crippen LogP contribution is 2.44. The average Bonchev–Trinajstić information content (AvgIpc) is 3.36. The lowest BCUT2D eigenvalue weighted by molar-refractivity contribution is -0.141. The van der Waals surface area contributed by atoms with E-state index in [0.29, 0.717) is 16.9 Å². The number of amides is 1. The fourth-order valence-electron chi connectivity index (χ4n) is 4.82. The first kappa shape index (κ1) is 21.1. The molecule has 0 radical (unpaired) electrons. The zero-order valence-electron chi connectivity index (χ0n) is 17.9. The summed E-state index contributed by atoms with van der Waals surface area (Å²) in [5.74, 6) is -1.58. The fraction of sp³-hybridized carbons (Fsp3) is 0.360. The van der Waals surface area contributed by atoms with E-state index in [1.807, 2.05) is 6.92 Å². The number of Topliss-reactive ketones (excluding diaryl/α,β-unsaturated/α-hetero) is 1. The largest absolute Gasteiger partial charge is 0.507 e. The molecule has 0 bridgehead atoms. The summed E-state index contributed by atoms with van der Waals surface area (Å²) in [4.78, 5) is 27.7. The van der Waals surface area contributed by atoms with Crippen molar-refractivity contribution < 1.29 is 23.8 Å². The lowest BCUT2D eigenvalue weighted by Gasteiger charge is -2.31. The fourth-order valence-corrected chi connectivity index (χ4v) is 4.82. The van der Waals surface area contributed by atoms with Gasteiger partial charge in [-0.1, -0.05) is 31.0 Å². The van der Waals surface area contributed by atoms with Crippen molar-refractivity contribution in [2.75, 3.05) is 7.11 Å². The molecule has 2 aromatic rings. The minimum absolute atomic E-state index is 0.0605. The first-order valence-corrected chi connectivity index (χ1v) is 10.5. The highest BCUT2D eigenvalue weighted by Gasteiger charge is 2.50. The molecule has 1 amide bonds. The molecular formula is C25H26FNO4. The van der Waals surface area contributed by atoms with Crippen LogP contribution in [0.25, 0.3) is 5.76 Å². The summed E-state index contributed by atoms with van der Waals surface area (Å²) in [6.07, 6.45) is 3.43. The van der Waals surface area contributed by atoms with Gasteiger partial charge in [0.05, 0.1) is 18.7 Å². The van der Waals surface area contributed by atoms with E-state index in [1.165, 1.54) is 11.0 Å². The number of carbonyl (C=O) groups is 2. The third-order valence-electron chi connectivity index (χ3n) is 6.39. The predicted molar refractivity (Wildman–Crippen MR) is 115 cm³/mol. The van der Waals surface area contributed by atoms with Crippen LogP contribution in [0.3, 0.4) is 0 Å². The van der Waals surface area contributed by atoms with Crippen molar-refractivity contribution in [1.82, 2.24) is 4.90 Å². The Bertz CT molecular complexity index is 1080. The number of aliphatic hydroxyl groups is 1. The molecule has 2 aliphatic rings. The van der Waals surface area contributed by atoms with E-state index in [9.17, 15) is 19.1 Å². The van der Waals surface area contributed by atoms with Crippen LogP contribution in [0.2, 0.25) is 0 Å². The van der Waals surface area contributed by atoms with E-state index in [-0.39, 0.29) is 22.9 Å². The molecule has 1 atom stereocenters. The Morgan fingerprint density at radius 1 is 1.10 bits per heavy atom. The first-order valence-electron chi connectivity index (χ1n) is 10.5. The Morgan fingerprint density at radius 2 is 1.77 bits per heavy atom. The number of carbonyl (C=O) groups excluding carboxylic acids is 2. The van der Waals surface area contributed by atoms with E-state index >= 15 is 0 Å². The number of aliphatic hydroxyl groups excluding tert-OH is 1. The van der Waals surface area contributed by atoms with Crippen LogP contribution in [0, 0.1) is 19.7 Å². The average molecular weight is 423 g/mol. The zero-order chi connectivity index (χ0) is 22.3. The van der Waals surface area contributed by atoms with Gasteiger partial charge < -0.3 is 14.7 Å². The van der Waals surface area contributed by atoms with Gasteiger partial charge in [-0.05, 0) is 56.0 Å². The molecule has 1 heterocycles. The van der Waals surface area contributed by atoms with Crippen LogP contribution in [0.5, 0.6) is 5.75 Å². The summed E-state index contributed by atoms with van der Waals surface area (Å²) in [7, 11) is 1.56. The van der Waals surface area contributed by atoms with Gasteiger partial charge in [-0.15, -0.1) is 0 Å². The molecule has 1 aliphatic heterocycles. The highest BCUT2D eigenvalue weighted by atomic mass is 19.1. The standard InChI is InChI=1S/C25H26FNO4/c1-14-13-20(31-3)15(2)12-18(14)23(28)21-22(17-10-6-7-11-19(17)26)27(25(30)24(21)29)16-8-4-5-9-16/h6-7,10-13,16,22,28H,4-5,8-9H2,1-3H3/b23-21+. The molecule has 0 spiro atoms. The Morgan fingerprint density at radius 3 is 2.42 bits per heavy atom. The van der Waals surface area contributed by atoms with Crippen LogP contribution in [-0.4, -0.2) is 34.8 Å². The first-order chi connectivity index (χ1) is 14.8. The van der Waals surface area contributed by atoms with Crippen LogP contribution in [-0.2, 0) is 9.59 Å². The lowest BCUT2D eigenvalue weighted by Crippen LogP contribution is -2.38. The van der Waals surface area contributed by atoms with Gasteiger partial charge in [-0.3, -0.25) is 9.59 Å². The summed E-state index contributed by atoms with van der Waals surface area (Å²) in [6, 6.07) is 8.53. The van der Waals surface area contributed by atoms with E-state index < -0.39 is 23.5 Å². The summed E-state index contributed by atoms with van der Waals surface area (Å²) >= 11 is 0. The monoisotopic (exact) mass is 423 g/mol. The number of hydrogen-bond acceptors (Lipinski definition) is 4. The number of methoxy groups -OCH3 is 1. The Labute approximate surface area is 181 Å². The Balaban J connectivity index is 1.94. The molecule has 4 rings (SSSR count). The Hall–Kier alpha value is -3.15. The minimum Gasteiger partial charge on any atom is -0.507 e. The van der Waals surface area contributed by atoms with Gasteiger partial charge >= 0.3 is 0 Å². The van der Waals surface area contributed by atoms with E-state index in [0.717, 1.165) is 31.2 Å². The number of likely N-dealkylation sites (tertiary alicyclic amines) is 1. The van der Waals surface area contributed by atoms with Gasteiger partial charge in [-0.25, -0.2) is 4.39 Å². The molecule has 6 heteroatoms. The van der Waals surface area contributed by atoms with Crippen molar-refractivity contribution in [2.24, 2.45) is 0 Å². The number of aryl methyl sites for hydroxylation is 2. The van der Waals surface area contributed by atoms with Crippen molar-refractivity contribution in [3.05, 3.63) is 70.0 Å². The third kappa shape index (κ3) is 3.50. The number of hydrogen-bond donors (Lipinski definition) is 1. The van der Waals surface area contributed by atoms with Gasteiger partial charge in [0.2, 0.25) is 0 Å². The van der Waals surface area contributed by atoms with Crippen molar-refractivity contribution in [1.29, 1.82) is 0 Å². The number of ether oxygens (including phenoxy) is 1. The molecule has 31 heavy (non-hydrogen) atoms. The van der Waals surface area contributed by atoms with Gasteiger partial charge in [-0.2, -0.15) is 0 Å². The summed E-state index contributed by atoms with van der Waals surface area (Å²) < 4.78 is 20.2. The molecule has 2 fully saturated rings. The molecule has 1 saturated carbocycles. The minimum atomic E-state index is -0.953. The second kappa shape index (κ2) is 8.17. The van der Waals surface area contributed by atoms with Crippen molar-refractivity contribution in [3.8, 4) is 5.75 Å². The molecule has 1 aliphatic carbocycles. The lowest BCUT2D eigenvalue weighted by atomic mass is 9.92. The molecular weight excluding hydrogens is 397 g/mol. The van der Waals surface area contributed by atoms with Crippen LogP contribution in [0.15, 0.2) is 42.0 Å². The second-order valence-electron chi connectivity index (χ2n) is 8.30. The van der Waals surface area contributed by atoms with E-state index in [4.69, 9.17) is 4.74 Å². The number of ketones is 1. The van der Waals surface area contributed by atoms with Crippen LogP contribution < -0.4 is 4.74 Å². The van der Waals surface area contributed by atoms with Crippen molar-refractivity contribution in [2.45, 2.75) is 51.6 Å². The maximum atomic E-state index is 14.9. The second-order valence-corrected chi connectivity index (χ2v) is 8.30. The van der Waals surface area contributed by atoms with Gasteiger partial charge in [0.1, 0.15) is 17.3 Å². The molecule has 162 valence electrons. The van der Waals surface area contributed by atoms with E-state index in [1.54, 1.807) is 44.4 Å². The molecule has 0 aromatic heterocycles. The van der Waals surface area contributed by atoms with E-state index in [2.05, 4.69) is 0 Å². The van der Waals surface area contributed by atoms with Crippen LogP contribution in [0.1, 0.15) is 54.0 Å². The quantitative estimate of drug-likeness (QED) is 0.435. The number of rotatable bonds is 4. The molecule has 1 N–H and O–H groups in total. The summed E-state index contributed by atoms with van der Waals surface area (Å²) in [6.45, 7) is 3.63. The molecule has 1 unspecified atom stereocenters. The predicted octanol–water partition coefficient (Wildman–Crippen LogP) is 4.82. The van der Waals surface area contributed by atoms with Crippen LogP contribution >= 0.6 is 0 Å². The number of nitrogens with zero attached hydrogens (tertiary/aromatic N) is 1. The van der Waals surface area contributed by atoms with Crippen LogP contribution in [0.4, 0.5) is 4.39 Å². The molecule has 1 saturated heterocycles. The van der Waals surface area contributed by atoms with Gasteiger partial charge in [0.25, 0.3) is 11.7 Å². The van der Waals surface area contributed by atoms with Gasteiger partial charge in [0.15, 0.2) is 0 Å². The maximum absolute atomic E-state index is 14.9. The molecule has 2 aromatic carbocycles. The SMILES string of the molecule is COc1cc(C)c(/C(O)=C2\C(=O)C(=O)N(C3CCCC3)C2c2ccccc2F)cc1C. The van der Waals surface area contributed by atoms with Crippen molar-refractivity contribution in [3.63, 3.8) is 0 Å². The van der Waals surface area contributed by atoms with Crippen molar-refractivity contribution >= 4 is 17.4 Å². The number of benzene rings is 2. The smallest absolute Gasteiger partial charge is 0.295 e.